The molecule has 1 N–H and O–H groups in total. The topological polar surface area (TPSA) is 40.5 Å². The van der Waals surface area contributed by atoms with Gasteiger partial charge in [-0.1, -0.05) is 6.07 Å². The number of hydrogen-bond acceptors (Lipinski definition) is 2. The molecule has 0 saturated heterocycles. The van der Waals surface area contributed by atoms with E-state index >= 15 is 0 Å². The lowest BCUT2D eigenvalue weighted by Crippen LogP contribution is -2.48. The van der Waals surface area contributed by atoms with Crippen LogP contribution < -0.4 is 4.90 Å². The fraction of sp³-hybridized carbons (Fsp3) is 0.462. The standard InChI is InChI=1S/C13H19NO2/c1-9-6-10(2)8-11(7-9)14(5)13(3,4)12(15)16/h6-8H,1-5H3,(H,15,16). The summed E-state index contributed by atoms with van der Waals surface area (Å²) in [7, 11) is 1.81. The summed E-state index contributed by atoms with van der Waals surface area (Å²) in [6.07, 6.45) is 0. The van der Waals surface area contributed by atoms with E-state index in [9.17, 15) is 4.79 Å². The summed E-state index contributed by atoms with van der Waals surface area (Å²) in [6, 6.07) is 6.07. The van der Waals surface area contributed by atoms with E-state index in [-0.39, 0.29) is 0 Å². The highest BCUT2D eigenvalue weighted by Crippen LogP contribution is 2.24. The van der Waals surface area contributed by atoms with Crippen LogP contribution in [0.5, 0.6) is 0 Å². The normalized spacial score (nSPS) is 11.3. The number of carboxylic acid groups (broad SMARTS) is 1. The van der Waals surface area contributed by atoms with Gasteiger partial charge < -0.3 is 10.0 Å². The molecule has 0 aliphatic heterocycles. The van der Waals surface area contributed by atoms with Crippen LogP contribution in [0.1, 0.15) is 25.0 Å². The summed E-state index contributed by atoms with van der Waals surface area (Å²) in [5.74, 6) is -0.825. The second kappa shape index (κ2) is 4.16. The average Bonchev–Trinajstić information content (AvgIpc) is 2.14. The second-order valence-corrected chi connectivity index (χ2v) is 4.77. The first-order valence-electron chi connectivity index (χ1n) is 5.30. The zero-order valence-electron chi connectivity index (χ0n) is 10.5. The van der Waals surface area contributed by atoms with E-state index < -0.39 is 11.5 Å². The molecule has 0 aliphatic carbocycles. The molecule has 0 spiro atoms. The van der Waals surface area contributed by atoms with Crippen LogP contribution in [0, 0.1) is 13.8 Å². The van der Waals surface area contributed by atoms with Gasteiger partial charge in [0.05, 0.1) is 0 Å². The third kappa shape index (κ3) is 2.35. The number of rotatable bonds is 3. The predicted octanol–water partition coefficient (Wildman–Crippen LogP) is 2.60. The van der Waals surface area contributed by atoms with Crippen molar-refractivity contribution in [2.45, 2.75) is 33.2 Å². The van der Waals surface area contributed by atoms with Crippen LogP contribution in [0.15, 0.2) is 18.2 Å². The summed E-state index contributed by atoms with van der Waals surface area (Å²) in [5, 5.41) is 9.17. The van der Waals surface area contributed by atoms with Crippen molar-refractivity contribution in [3.8, 4) is 0 Å². The Morgan fingerprint density at radius 1 is 1.19 bits per heavy atom. The molecule has 1 aromatic rings. The molecule has 0 fully saturated rings. The molecule has 0 radical (unpaired) electrons. The van der Waals surface area contributed by atoms with Crippen molar-refractivity contribution in [2.24, 2.45) is 0 Å². The predicted molar refractivity (Wildman–Crippen MR) is 66.0 cm³/mol. The van der Waals surface area contributed by atoms with E-state index in [4.69, 9.17) is 5.11 Å². The molecule has 0 aliphatic rings. The lowest BCUT2D eigenvalue weighted by Gasteiger charge is -2.33. The number of aryl methyl sites for hydroxylation is 2. The SMILES string of the molecule is Cc1cc(C)cc(N(C)C(C)(C)C(=O)O)c1. The quantitative estimate of drug-likeness (QED) is 0.853. The van der Waals surface area contributed by atoms with Gasteiger partial charge in [-0.05, 0) is 51.0 Å². The number of hydrogen-bond donors (Lipinski definition) is 1. The van der Waals surface area contributed by atoms with E-state index in [0.29, 0.717) is 0 Å². The molecule has 0 aromatic heterocycles. The minimum absolute atomic E-state index is 0.825. The molecule has 0 heterocycles. The van der Waals surface area contributed by atoms with Crippen LogP contribution in [0.2, 0.25) is 0 Å². The van der Waals surface area contributed by atoms with Crippen molar-refractivity contribution in [2.75, 3.05) is 11.9 Å². The van der Waals surface area contributed by atoms with Gasteiger partial charge in [0.2, 0.25) is 0 Å². The third-order valence-corrected chi connectivity index (χ3v) is 2.96. The van der Waals surface area contributed by atoms with Gasteiger partial charge in [0.15, 0.2) is 0 Å². The Labute approximate surface area is 96.7 Å². The highest BCUT2D eigenvalue weighted by Gasteiger charge is 2.32. The Morgan fingerprint density at radius 2 is 1.62 bits per heavy atom. The van der Waals surface area contributed by atoms with Crippen LogP contribution >= 0.6 is 0 Å². The van der Waals surface area contributed by atoms with Gasteiger partial charge in [-0.2, -0.15) is 0 Å². The Morgan fingerprint density at radius 3 is 2.00 bits per heavy atom. The molecule has 3 nitrogen and oxygen atoms in total. The molecule has 0 bridgehead atoms. The molecule has 0 atom stereocenters. The van der Waals surface area contributed by atoms with Gasteiger partial charge in [0, 0.05) is 12.7 Å². The second-order valence-electron chi connectivity index (χ2n) is 4.77. The van der Waals surface area contributed by atoms with E-state index in [1.807, 2.05) is 33.0 Å². The van der Waals surface area contributed by atoms with Crippen LogP contribution in [0.4, 0.5) is 5.69 Å². The Bertz CT molecular complexity index is 390. The number of likely N-dealkylation sites (N-methyl/N-ethyl adjacent to an activating group) is 1. The Kier molecular flexibility index (Phi) is 3.27. The van der Waals surface area contributed by atoms with Gasteiger partial charge in [0.1, 0.15) is 5.54 Å². The molecule has 1 aromatic carbocycles. The molecule has 3 heteroatoms. The van der Waals surface area contributed by atoms with Crippen molar-refractivity contribution >= 4 is 11.7 Å². The number of aliphatic carboxylic acids is 1. The third-order valence-electron chi connectivity index (χ3n) is 2.96. The lowest BCUT2D eigenvalue weighted by molar-refractivity contribution is -0.142. The average molecular weight is 221 g/mol. The van der Waals surface area contributed by atoms with Crippen molar-refractivity contribution in [1.82, 2.24) is 0 Å². The van der Waals surface area contributed by atoms with Gasteiger partial charge in [-0.25, -0.2) is 4.79 Å². The molecule has 0 saturated carbocycles. The number of carboxylic acids is 1. The van der Waals surface area contributed by atoms with Gasteiger partial charge in [0.25, 0.3) is 0 Å². The van der Waals surface area contributed by atoms with Crippen molar-refractivity contribution in [1.29, 1.82) is 0 Å². The maximum absolute atomic E-state index is 11.2. The van der Waals surface area contributed by atoms with Crippen LogP contribution in [-0.2, 0) is 4.79 Å². The maximum Gasteiger partial charge on any atom is 0.328 e. The van der Waals surface area contributed by atoms with E-state index in [1.54, 1.807) is 18.7 Å². The van der Waals surface area contributed by atoms with Crippen molar-refractivity contribution in [3.63, 3.8) is 0 Å². The highest BCUT2D eigenvalue weighted by molar-refractivity contribution is 5.82. The summed E-state index contributed by atoms with van der Waals surface area (Å²) in [4.78, 5) is 13.0. The minimum Gasteiger partial charge on any atom is -0.480 e. The largest absolute Gasteiger partial charge is 0.480 e. The summed E-state index contributed by atoms with van der Waals surface area (Å²) < 4.78 is 0. The van der Waals surface area contributed by atoms with E-state index in [1.165, 1.54) is 0 Å². The first-order valence-corrected chi connectivity index (χ1v) is 5.30. The summed E-state index contributed by atoms with van der Waals surface area (Å²) >= 11 is 0. The van der Waals surface area contributed by atoms with Gasteiger partial charge in [-0.15, -0.1) is 0 Å². The highest BCUT2D eigenvalue weighted by atomic mass is 16.4. The molecule has 88 valence electrons. The first-order chi connectivity index (χ1) is 7.25. The zero-order valence-corrected chi connectivity index (χ0v) is 10.5. The fourth-order valence-electron chi connectivity index (χ4n) is 1.61. The smallest absolute Gasteiger partial charge is 0.328 e. The number of nitrogens with zero attached hydrogens (tertiary/aromatic N) is 1. The van der Waals surface area contributed by atoms with Crippen LogP contribution in [-0.4, -0.2) is 23.7 Å². The molecule has 1 rings (SSSR count). The van der Waals surface area contributed by atoms with Crippen molar-refractivity contribution < 1.29 is 9.90 Å². The first kappa shape index (κ1) is 12.6. The molecule has 0 unspecified atom stereocenters. The Balaban J connectivity index is 3.14. The van der Waals surface area contributed by atoms with E-state index in [2.05, 4.69) is 6.07 Å². The molecular weight excluding hydrogens is 202 g/mol. The monoisotopic (exact) mass is 221 g/mol. The van der Waals surface area contributed by atoms with Gasteiger partial charge in [-0.3, -0.25) is 0 Å². The molecular formula is C13H19NO2. The van der Waals surface area contributed by atoms with E-state index in [0.717, 1.165) is 16.8 Å². The minimum atomic E-state index is -0.903. The summed E-state index contributed by atoms with van der Waals surface area (Å²) in [5.41, 5.74) is 2.32. The Hall–Kier alpha value is -1.51. The zero-order chi connectivity index (χ0) is 12.5. The van der Waals surface area contributed by atoms with Crippen LogP contribution in [0.25, 0.3) is 0 Å². The summed E-state index contributed by atoms with van der Waals surface area (Å²) in [6.45, 7) is 7.43. The number of benzene rings is 1. The van der Waals surface area contributed by atoms with Crippen LogP contribution in [0.3, 0.4) is 0 Å². The van der Waals surface area contributed by atoms with Gasteiger partial charge >= 0.3 is 5.97 Å². The maximum atomic E-state index is 11.2. The number of carbonyl (C=O) groups is 1. The lowest BCUT2D eigenvalue weighted by atomic mass is 10.0. The molecule has 0 amide bonds. The fourth-order valence-corrected chi connectivity index (χ4v) is 1.61. The van der Waals surface area contributed by atoms with Crippen molar-refractivity contribution in [3.05, 3.63) is 29.3 Å². The number of anilines is 1. The molecule has 16 heavy (non-hydrogen) atoms.